The standard InChI is InChI=1S/C26H21F4NO.CH2O2/c27-24-10-14-5-6-18(19-3-1-2-4-23(19)26(28,29)30)20(14)9-17(24)13-32-25-11-16-7-15-8-21(15)22(16)12-31-25;2-1-3/h1-4,9-12,15,18,21H,5-8,13H2;1H,(H,2,3). The minimum Gasteiger partial charge on any atom is -0.483 e. The summed E-state index contributed by atoms with van der Waals surface area (Å²) in [6.07, 6.45) is 0.816. The second-order valence-corrected chi connectivity index (χ2v) is 9.24. The molecule has 4 nitrogen and oxygen atoms in total. The molecule has 6 rings (SSSR count). The van der Waals surface area contributed by atoms with Gasteiger partial charge in [-0.25, -0.2) is 9.37 Å². The third kappa shape index (κ3) is 4.49. The van der Waals surface area contributed by atoms with Gasteiger partial charge in [0.05, 0.1) is 5.56 Å². The van der Waals surface area contributed by atoms with Crippen molar-refractivity contribution in [3.05, 3.63) is 93.4 Å². The highest BCUT2D eigenvalue weighted by molar-refractivity contribution is 5.48. The van der Waals surface area contributed by atoms with Gasteiger partial charge in [-0.2, -0.15) is 13.2 Å². The Morgan fingerprint density at radius 3 is 2.63 bits per heavy atom. The molecular formula is C27H23F4NO3. The van der Waals surface area contributed by atoms with Crippen molar-refractivity contribution in [1.29, 1.82) is 0 Å². The number of hydrogen-bond acceptors (Lipinski definition) is 3. The van der Waals surface area contributed by atoms with Crippen LogP contribution in [0.5, 0.6) is 5.88 Å². The highest BCUT2D eigenvalue weighted by Gasteiger charge is 2.45. The van der Waals surface area contributed by atoms with Crippen LogP contribution in [-0.2, 0) is 30.4 Å². The van der Waals surface area contributed by atoms with E-state index in [0.717, 1.165) is 29.5 Å². The molecule has 0 spiro atoms. The van der Waals surface area contributed by atoms with Crippen molar-refractivity contribution in [2.75, 3.05) is 0 Å². The Labute approximate surface area is 199 Å². The molecule has 0 amide bonds. The zero-order valence-corrected chi connectivity index (χ0v) is 18.7. The first-order valence-electron chi connectivity index (χ1n) is 11.5. The molecule has 35 heavy (non-hydrogen) atoms. The number of pyridine rings is 1. The predicted octanol–water partition coefficient (Wildman–Crippen LogP) is 6.26. The van der Waals surface area contributed by atoms with Gasteiger partial charge < -0.3 is 9.84 Å². The average molecular weight is 485 g/mol. The normalized spacial score (nSPS) is 21.3. The summed E-state index contributed by atoms with van der Waals surface area (Å²) in [4.78, 5) is 12.7. The number of alkyl halides is 3. The molecule has 182 valence electrons. The lowest BCUT2D eigenvalue weighted by molar-refractivity contribution is -0.138. The highest BCUT2D eigenvalue weighted by atomic mass is 19.4. The summed E-state index contributed by atoms with van der Waals surface area (Å²) in [5.74, 6) is 1.05. The molecule has 3 unspecified atom stereocenters. The number of nitrogens with zero attached hydrogens (tertiary/aromatic N) is 1. The Bertz CT molecular complexity index is 1270. The minimum atomic E-state index is -4.43. The smallest absolute Gasteiger partial charge is 0.416 e. The van der Waals surface area contributed by atoms with Gasteiger partial charge in [0.25, 0.3) is 6.47 Å². The van der Waals surface area contributed by atoms with Crippen LogP contribution in [0.25, 0.3) is 0 Å². The average Bonchev–Trinajstić information content (AvgIpc) is 3.32. The Hall–Kier alpha value is -3.42. The molecule has 0 aliphatic heterocycles. The van der Waals surface area contributed by atoms with Crippen LogP contribution in [-0.4, -0.2) is 16.6 Å². The number of carbonyl (C=O) groups is 1. The monoisotopic (exact) mass is 485 g/mol. The van der Waals surface area contributed by atoms with Gasteiger partial charge in [-0.1, -0.05) is 18.2 Å². The van der Waals surface area contributed by atoms with Crippen LogP contribution in [0.3, 0.4) is 0 Å². The summed E-state index contributed by atoms with van der Waals surface area (Å²) >= 11 is 0. The molecule has 1 heterocycles. The van der Waals surface area contributed by atoms with Crippen LogP contribution in [0.15, 0.2) is 48.7 Å². The summed E-state index contributed by atoms with van der Waals surface area (Å²) in [6.45, 7) is -0.259. The third-order valence-electron chi connectivity index (χ3n) is 7.21. The topological polar surface area (TPSA) is 59.4 Å². The molecule has 3 aromatic rings. The minimum absolute atomic E-state index is 0.00854. The number of aryl methyl sites for hydroxylation is 1. The molecule has 1 fully saturated rings. The molecule has 1 saturated carbocycles. The molecule has 8 heteroatoms. The maximum absolute atomic E-state index is 14.7. The van der Waals surface area contributed by atoms with E-state index in [1.807, 2.05) is 12.3 Å². The van der Waals surface area contributed by atoms with E-state index in [-0.39, 0.29) is 18.6 Å². The Morgan fingerprint density at radius 1 is 1.09 bits per heavy atom. The number of ether oxygens (including phenoxy) is 1. The van der Waals surface area contributed by atoms with Gasteiger partial charge in [0.1, 0.15) is 12.4 Å². The Kier molecular flexibility index (Phi) is 5.99. The summed E-state index contributed by atoms with van der Waals surface area (Å²) in [5, 5.41) is 6.89. The lowest BCUT2D eigenvalue weighted by Crippen LogP contribution is -2.12. The van der Waals surface area contributed by atoms with Crippen LogP contribution in [0.2, 0.25) is 0 Å². The second-order valence-electron chi connectivity index (χ2n) is 9.24. The Morgan fingerprint density at radius 2 is 1.86 bits per heavy atom. The number of aromatic nitrogens is 1. The summed E-state index contributed by atoms with van der Waals surface area (Å²) in [7, 11) is 0. The number of hydrogen-bond donors (Lipinski definition) is 1. The van der Waals surface area contributed by atoms with E-state index in [1.54, 1.807) is 12.1 Å². The fourth-order valence-corrected chi connectivity index (χ4v) is 5.53. The van der Waals surface area contributed by atoms with Gasteiger partial charge in [0, 0.05) is 23.7 Å². The molecular weight excluding hydrogens is 462 g/mol. The fraction of sp³-hybridized carbons (Fsp3) is 0.333. The van der Waals surface area contributed by atoms with Crippen LogP contribution in [0.4, 0.5) is 17.6 Å². The summed E-state index contributed by atoms with van der Waals surface area (Å²) < 4.78 is 61.2. The van der Waals surface area contributed by atoms with Crippen LogP contribution < -0.4 is 4.74 Å². The van der Waals surface area contributed by atoms with E-state index < -0.39 is 23.5 Å². The van der Waals surface area contributed by atoms with Gasteiger partial charge in [0.2, 0.25) is 5.88 Å². The molecule has 2 aromatic carbocycles. The van der Waals surface area contributed by atoms with Gasteiger partial charge in [-0.05, 0) is 83.5 Å². The Balaban J connectivity index is 0.000000806. The van der Waals surface area contributed by atoms with Crippen LogP contribution in [0.1, 0.15) is 63.6 Å². The van der Waals surface area contributed by atoms with E-state index >= 15 is 0 Å². The quantitative estimate of drug-likeness (QED) is 0.350. The number of benzene rings is 2. The molecule has 1 aromatic heterocycles. The van der Waals surface area contributed by atoms with E-state index in [1.165, 1.54) is 35.7 Å². The third-order valence-corrected chi connectivity index (χ3v) is 7.21. The highest BCUT2D eigenvalue weighted by Crippen LogP contribution is 2.56. The number of rotatable bonds is 4. The molecule has 0 saturated heterocycles. The fourth-order valence-electron chi connectivity index (χ4n) is 5.53. The molecule has 3 aliphatic carbocycles. The van der Waals surface area contributed by atoms with Crippen molar-refractivity contribution in [3.8, 4) is 5.88 Å². The first-order valence-corrected chi connectivity index (χ1v) is 11.5. The summed E-state index contributed by atoms with van der Waals surface area (Å²) in [5.41, 5.74) is 4.04. The van der Waals surface area contributed by atoms with E-state index in [0.29, 0.717) is 30.2 Å². The number of halogens is 4. The molecule has 1 N–H and O–H groups in total. The molecule has 0 radical (unpaired) electrons. The van der Waals surface area contributed by atoms with Crippen LogP contribution in [0, 0.1) is 11.7 Å². The van der Waals surface area contributed by atoms with E-state index in [4.69, 9.17) is 14.6 Å². The van der Waals surface area contributed by atoms with E-state index in [9.17, 15) is 17.6 Å². The lowest BCUT2D eigenvalue weighted by Gasteiger charge is -2.19. The predicted molar refractivity (Wildman–Crippen MR) is 120 cm³/mol. The molecule has 3 atom stereocenters. The second kappa shape index (κ2) is 8.98. The number of fused-ring (bicyclic) bond motifs is 4. The zero-order valence-electron chi connectivity index (χ0n) is 18.7. The summed E-state index contributed by atoms with van der Waals surface area (Å²) in [6, 6.07) is 10.7. The van der Waals surface area contributed by atoms with Crippen molar-refractivity contribution in [1.82, 2.24) is 4.98 Å². The van der Waals surface area contributed by atoms with Gasteiger partial charge in [0.15, 0.2) is 0 Å². The lowest BCUT2D eigenvalue weighted by atomic mass is 9.88. The molecule has 0 bridgehead atoms. The van der Waals surface area contributed by atoms with Crippen LogP contribution >= 0.6 is 0 Å². The van der Waals surface area contributed by atoms with Gasteiger partial charge >= 0.3 is 6.18 Å². The van der Waals surface area contributed by atoms with Crippen molar-refractivity contribution in [2.45, 2.75) is 50.3 Å². The number of carboxylic acid groups (broad SMARTS) is 1. The van der Waals surface area contributed by atoms with E-state index in [2.05, 4.69) is 4.98 Å². The van der Waals surface area contributed by atoms with Gasteiger partial charge in [-0.3, -0.25) is 4.79 Å². The molecule has 3 aliphatic rings. The first-order chi connectivity index (χ1) is 16.8. The van der Waals surface area contributed by atoms with Crippen molar-refractivity contribution in [2.24, 2.45) is 5.92 Å². The SMILES string of the molecule is Fc1cc2c(cc1COc1cc3c(cn1)C1CC1C3)C(c1ccccc1C(F)(F)F)CC2.O=CO. The van der Waals surface area contributed by atoms with Crippen molar-refractivity contribution < 1.29 is 32.2 Å². The largest absolute Gasteiger partial charge is 0.483 e. The van der Waals surface area contributed by atoms with Crippen molar-refractivity contribution in [3.63, 3.8) is 0 Å². The van der Waals surface area contributed by atoms with Gasteiger partial charge in [-0.15, -0.1) is 0 Å². The van der Waals surface area contributed by atoms with Crippen molar-refractivity contribution >= 4 is 6.47 Å². The maximum atomic E-state index is 14.7. The maximum Gasteiger partial charge on any atom is 0.416 e. The first kappa shape index (κ1) is 23.3. The zero-order chi connectivity index (χ0) is 24.7.